The average Bonchev–Trinajstić information content (AvgIpc) is 2.00. The van der Waals surface area contributed by atoms with E-state index in [1.54, 1.807) is 0 Å². The van der Waals surface area contributed by atoms with Gasteiger partial charge in [0.1, 0.15) is 6.61 Å². The van der Waals surface area contributed by atoms with Crippen LogP contribution in [0.2, 0.25) is 0 Å². The first-order valence-corrected chi connectivity index (χ1v) is 4.18. The van der Waals surface area contributed by atoms with Gasteiger partial charge >= 0.3 is 16.4 Å². The lowest BCUT2D eigenvalue weighted by molar-refractivity contribution is -0.137. The molecule has 1 N–H and O–H groups in total. The van der Waals surface area contributed by atoms with Gasteiger partial charge in [0.2, 0.25) is 0 Å². The van der Waals surface area contributed by atoms with Gasteiger partial charge in [-0.2, -0.15) is 8.42 Å². The molecule has 0 aliphatic rings. The van der Waals surface area contributed by atoms with E-state index in [4.69, 9.17) is 5.11 Å². The van der Waals surface area contributed by atoms with Crippen molar-refractivity contribution >= 4 is 16.4 Å². The molecule has 0 aromatic rings. The predicted molar refractivity (Wildman–Crippen MR) is 38.2 cm³/mol. The Bertz CT molecular complexity index is 253. The second-order valence-electron chi connectivity index (χ2n) is 1.59. The van der Waals surface area contributed by atoms with Crippen LogP contribution < -0.4 is 0 Å². The fourth-order valence-electron chi connectivity index (χ4n) is 0.296. The molecule has 0 aromatic heterocycles. The molecule has 6 nitrogen and oxygen atoms in total. The molecule has 70 valence electrons. The van der Waals surface area contributed by atoms with Crippen LogP contribution in [0, 0.1) is 0 Å². The smallest absolute Gasteiger partial charge is 0.385 e. The largest absolute Gasteiger partial charge is 0.451 e. The maximum Gasteiger partial charge on any atom is 0.451 e. The molecule has 0 aliphatic heterocycles. The minimum Gasteiger partial charge on any atom is -0.385 e. The Balaban J connectivity index is 4.05. The molecule has 0 unspecified atom stereocenters. The monoisotopic (exact) mass is 196 g/mol. The zero-order valence-electron chi connectivity index (χ0n) is 6.10. The summed E-state index contributed by atoms with van der Waals surface area (Å²) in [6.07, 6.45) is 1.17. The number of rotatable bonds is 5. The fourth-order valence-corrected chi connectivity index (χ4v) is 0.887. The van der Waals surface area contributed by atoms with Gasteiger partial charge in [-0.1, -0.05) is 6.08 Å². The van der Waals surface area contributed by atoms with E-state index in [1.165, 1.54) is 6.08 Å². The zero-order valence-corrected chi connectivity index (χ0v) is 6.91. The quantitative estimate of drug-likeness (QED) is 0.565. The first-order valence-electron chi connectivity index (χ1n) is 2.85. The Hall–Kier alpha value is -0.920. The van der Waals surface area contributed by atoms with Gasteiger partial charge in [0, 0.05) is 0 Å². The number of carbonyl (C=O) groups excluding carboxylic acids is 1. The van der Waals surface area contributed by atoms with E-state index in [9.17, 15) is 13.2 Å². The summed E-state index contributed by atoms with van der Waals surface area (Å²) in [6, 6.07) is 0. The van der Waals surface area contributed by atoms with Crippen LogP contribution in [0.1, 0.15) is 0 Å². The Morgan fingerprint density at radius 2 is 2.17 bits per heavy atom. The van der Waals surface area contributed by atoms with E-state index in [0.717, 1.165) is 0 Å². The molecule has 0 saturated heterocycles. The molecule has 0 aliphatic carbocycles. The van der Waals surface area contributed by atoms with E-state index >= 15 is 0 Å². The van der Waals surface area contributed by atoms with Crippen molar-refractivity contribution in [1.82, 2.24) is 0 Å². The first kappa shape index (κ1) is 11.1. The molecule has 0 rings (SSSR count). The molecule has 0 bridgehead atoms. The molecule has 0 atom stereocenters. The Kier molecular flexibility index (Phi) is 4.49. The second kappa shape index (κ2) is 4.86. The molecular formula is C5H8O6S. The molecule has 0 amide bonds. The van der Waals surface area contributed by atoms with Crippen LogP contribution in [0.15, 0.2) is 12.7 Å². The lowest BCUT2D eigenvalue weighted by atomic mass is 10.7. The number of aliphatic hydroxyl groups is 1. The molecule has 0 saturated carbocycles. The van der Waals surface area contributed by atoms with Crippen molar-refractivity contribution in [1.29, 1.82) is 0 Å². The van der Waals surface area contributed by atoms with Crippen molar-refractivity contribution < 1.29 is 26.7 Å². The van der Waals surface area contributed by atoms with Crippen LogP contribution in [0.3, 0.4) is 0 Å². The summed E-state index contributed by atoms with van der Waals surface area (Å²) in [6.45, 7) is 1.88. The van der Waals surface area contributed by atoms with Crippen LogP contribution in [0.4, 0.5) is 0 Å². The van der Waals surface area contributed by atoms with Crippen molar-refractivity contribution in [2.45, 2.75) is 0 Å². The molecular weight excluding hydrogens is 188 g/mol. The van der Waals surface area contributed by atoms with E-state index in [0.29, 0.717) is 0 Å². The minimum absolute atomic E-state index is 0.291. The molecule has 0 aromatic carbocycles. The van der Waals surface area contributed by atoms with Gasteiger partial charge in [-0.15, -0.1) is 6.58 Å². The first-order chi connectivity index (χ1) is 5.52. The van der Waals surface area contributed by atoms with Crippen LogP contribution in [0.5, 0.6) is 0 Å². The van der Waals surface area contributed by atoms with Gasteiger partial charge in [-0.25, -0.2) is 8.98 Å². The third-order valence-electron chi connectivity index (χ3n) is 0.654. The topological polar surface area (TPSA) is 89.9 Å². The number of hydrogen-bond acceptors (Lipinski definition) is 6. The standard InChI is InChI=1S/C5H8O6S/c1-2-3-10-12(8,9)11-5(7)4-6/h2,6H,1,3-4H2. The van der Waals surface area contributed by atoms with Crippen LogP contribution in [0.25, 0.3) is 0 Å². The molecule has 0 radical (unpaired) electrons. The van der Waals surface area contributed by atoms with Gasteiger partial charge in [0.05, 0.1) is 6.61 Å². The highest BCUT2D eigenvalue weighted by Gasteiger charge is 2.16. The summed E-state index contributed by atoms with van der Waals surface area (Å²) in [4.78, 5) is 10.2. The van der Waals surface area contributed by atoms with Crippen molar-refractivity contribution in [2.75, 3.05) is 13.2 Å². The van der Waals surface area contributed by atoms with Gasteiger partial charge in [0.25, 0.3) is 0 Å². The SMILES string of the molecule is C=CCOS(=O)(=O)OC(=O)CO. The zero-order chi connectivity index (χ0) is 9.61. The number of carbonyl (C=O) groups is 1. The van der Waals surface area contributed by atoms with Crippen molar-refractivity contribution in [3.8, 4) is 0 Å². The lowest BCUT2D eigenvalue weighted by Gasteiger charge is -2.01. The van der Waals surface area contributed by atoms with Gasteiger partial charge in [-0.05, 0) is 0 Å². The summed E-state index contributed by atoms with van der Waals surface area (Å²) < 4.78 is 28.8. The maximum atomic E-state index is 10.5. The highest BCUT2D eigenvalue weighted by atomic mass is 32.3. The van der Waals surface area contributed by atoms with E-state index < -0.39 is 23.0 Å². The minimum atomic E-state index is -4.34. The summed E-state index contributed by atoms with van der Waals surface area (Å²) in [5.41, 5.74) is 0. The van der Waals surface area contributed by atoms with Crippen molar-refractivity contribution in [2.24, 2.45) is 0 Å². The van der Waals surface area contributed by atoms with Gasteiger partial charge in [0.15, 0.2) is 0 Å². The Morgan fingerprint density at radius 3 is 2.58 bits per heavy atom. The summed E-state index contributed by atoms with van der Waals surface area (Å²) in [5.74, 6) is -1.29. The Morgan fingerprint density at radius 1 is 1.58 bits per heavy atom. The van der Waals surface area contributed by atoms with Crippen molar-refractivity contribution in [3.63, 3.8) is 0 Å². The Labute approximate surface area is 69.7 Å². The molecule has 0 heterocycles. The van der Waals surface area contributed by atoms with Crippen LogP contribution in [-0.4, -0.2) is 32.7 Å². The summed E-state index contributed by atoms with van der Waals surface area (Å²) >= 11 is 0. The fraction of sp³-hybridized carbons (Fsp3) is 0.400. The summed E-state index contributed by atoms with van der Waals surface area (Å²) in [5, 5.41) is 8.11. The highest BCUT2D eigenvalue weighted by molar-refractivity contribution is 7.82. The number of hydrogen-bond donors (Lipinski definition) is 1. The van der Waals surface area contributed by atoms with Crippen molar-refractivity contribution in [3.05, 3.63) is 12.7 Å². The summed E-state index contributed by atoms with van der Waals surface area (Å²) in [7, 11) is -4.34. The highest BCUT2D eigenvalue weighted by Crippen LogP contribution is 1.95. The molecule has 7 heteroatoms. The third-order valence-corrected chi connectivity index (χ3v) is 1.47. The van der Waals surface area contributed by atoms with Crippen LogP contribution in [-0.2, 0) is 23.6 Å². The van der Waals surface area contributed by atoms with Crippen LogP contribution >= 0.6 is 0 Å². The number of aliphatic hydroxyl groups excluding tert-OH is 1. The molecule has 0 spiro atoms. The van der Waals surface area contributed by atoms with Gasteiger partial charge in [-0.3, -0.25) is 0 Å². The van der Waals surface area contributed by atoms with Gasteiger partial charge < -0.3 is 9.29 Å². The predicted octanol–water partition coefficient (Wildman–Crippen LogP) is -1.03. The maximum absolute atomic E-state index is 10.5. The molecule has 0 fully saturated rings. The van der Waals surface area contributed by atoms with E-state index in [2.05, 4.69) is 14.9 Å². The van der Waals surface area contributed by atoms with E-state index in [-0.39, 0.29) is 6.61 Å². The third kappa shape index (κ3) is 4.83. The second-order valence-corrected chi connectivity index (χ2v) is 2.81. The normalized spacial score (nSPS) is 10.8. The average molecular weight is 196 g/mol. The van der Waals surface area contributed by atoms with E-state index in [1.807, 2.05) is 0 Å². The molecule has 12 heavy (non-hydrogen) atoms. The lowest BCUT2D eigenvalue weighted by Crippen LogP contribution is -2.18.